The van der Waals surface area contributed by atoms with Gasteiger partial charge in [0.05, 0.1) is 0 Å². The molecule has 3 atom stereocenters. The van der Waals surface area contributed by atoms with E-state index >= 15 is 0 Å². The lowest BCUT2D eigenvalue weighted by molar-refractivity contribution is 0.226. The van der Waals surface area contributed by atoms with Gasteiger partial charge >= 0.3 is 0 Å². The Bertz CT molecular complexity index is 584. The van der Waals surface area contributed by atoms with Crippen molar-refractivity contribution in [2.24, 2.45) is 11.8 Å². The van der Waals surface area contributed by atoms with Crippen LogP contribution in [0.4, 0.5) is 0 Å². The molecule has 0 bridgehead atoms. The topological polar surface area (TPSA) is 12.0 Å². The molecule has 0 aliphatic heterocycles. The summed E-state index contributed by atoms with van der Waals surface area (Å²) in [5.41, 5.74) is 1.49. The molecule has 0 heterocycles. The number of hydrogen-bond acceptors (Lipinski definition) is 1. The number of benzene rings is 2. The molecule has 0 spiro atoms. The van der Waals surface area contributed by atoms with Crippen molar-refractivity contribution in [3.8, 4) is 0 Å². The molecule has 1 nitrogen and oxygen atoms in total. The summed E-state index contributed by atoms with van der Waals surface area (Å²) >= 11 is 0. The van der Waals surface area contributed by atoms with Crippen LogP contribution in [0, 0.1) is 11.8 Å². The van der Waals surface area contributed by atoms with Gasteiger partial charge in [-0.1, -0.05) is 69.2 Å². The summed E-state index contributed by atoms with van der Waals surface area (Å²) < 4.78 is 0. The minimum absolute atomic E-state index is 0.504. The summed E-state index contributed by atoms with van der Waals surface area (Å²) in [4.78, 5) is 0. The third kappa shape index (κ3) is 3.13. The predicted octanol–water partition coefficient (Wildman–Crippen LogP) is 5.32. The van der Waals surface area contributed by atoms with Crippen LogP contribution in [-0.2, 0) is 0 Å². The zero-order chi connectivity index (χ0) is 14.7. The molecule has 1 aliphatic rings. The zero-order valence-corrected chi connectivity index (χ0v) is 13.3. The number of hydrogen-bond donors (Lipinski definition) is 1. The Kier molecular flexibility index (Phi) is 4.60. The monoisotopic (exact) mass is 281 g/mol. The fraction of sp³-hybridized carbons (Fsp3) is 0.500. The highest BCUT2D eigenvalue weighted by Gasteiger charge is 2.28. The van der Waals surface area contributed by atoms with Crippen LogP contribution in [0.2, 0.25) is 0 Å². The molecule has 2 aromatic carbocycles. The molecule has 21 heavy (non-hydrogen) atoms. The molecule has 112 valence electrons. The summed E-state index contributed by atoms with van der Waals surface area (Å²) in [5, 5.41) is 6.56. The first-order chi connectivity index (χ1) is 10.3. The maximum Gasteiger partial charge on any atom is 0.0354 e. The summed E-state index contributed by atoms with van der Waals surface area (Å²) in [5.74, 6) is 1.65. The molecule has 3 rings (SSSR count). The van der Waals surface area contributed by atoms with Gasteiger partial charge in [0.25, 0.3) is 0 Å². The predicted molar refractivity (Wildman–Crippen MR) is 91.5 cm³/mol. The van der Waals surface area contributed by atoms with E-state index < -0.39 is 0 Å². The summed E-state index contributed by atoms with van der Waals surface area (Å²) in [7, 11) is 0. The summed E-state index contributed by atoms with van der Waals surface area (Å²) in [6, 6.07) is 16.1. The molecule has 0 saturated heterocycles. The normalized spacial score (nSPS) is 24.1. The lowest BCUT2D eigenvalue weighted by atomic mass is 9.76. The molecule has 0 amide bonds. The van der Waals surface area contributed by atoms with Crippen molar-refractivity contribution >= 4 is 10.8 Å². The van der Waals surface area contributed by atoms with Crippen LogP contribution in [0.1, 0.15) is 51.1 Å². The highest BCUT2D eigenvalue weighted by atomic mass is 14.9. The van der Waals surface area contributed by atoms with Crippen LogP contribution in [0.15, 0.2) is 42.5 Å². The van der Waals surface area contributed by atoms with Crippen molar-refractivity contribution in [1.29, 1.82) is 0 Å². The maximum absolute atomic E-state index is 3.78. The summed E-state index contributed by atoms with van der Waals surface area (Å²) in [6.07, 6.45) is 5.52. The van der Waals surface area contributed by atoms with Gasteiger partial charge in [0.15, 0.2) is 0 Å². The van der Waals surface area contributed by atoms with Gasteiger partial charge in [-0.05, 0) is 47.6 Å². The van der Waals surface area contributed by atoms with E-state index in [1.165, 1.54) is 42.0 Å². The fourth-order valence-corrected chi connectivity index (χ4v) is 4.06. The minimum Gasteiger partial charge on any atom is -0.310 e. The largest absolute Gasteiger partial charge is 0.310 e. The lowest BCUT2D eigenvalue weighted by Gasteiger charge is -2.34. The van der Waals surface area contributed by atoms with Crippen molar-refractivity contribution in [2.75, 3.05) is 6.54 Å². The molecular formula is C20H27N. The van der Waals surface area contributed by atoms with Gasteiger partial charge < -0.3 is 5.32 Å². The second kappa shape index (κ2) is 6.62. The van der Waals surface area contributed by atoms with Crippen LogP contribution >= 0.6 is 0 Å². The quantitative estimate of drug-likeness (QED) is 0.800. The zero-order valence-electron chi connectivity index (χ0n) is 13.3. The standard InChI is InChI=1S/C20H27N/c1-3-21-20(17-11-6-8-15(2)14-17)19-13-7-10-16-9-4-5-12-18(16)19/h4-5,7,9-10,12-13,15,17,20-21H,3,6,8,11,14H2,1-2H3. The number of fused-ring (bicyclic) bond motifs is 1. The van der Waals surface area contributed by atoms with E-state index in [2.05, 4.69) is 61.6 Å². The smallest absolute Gasteiger partial charge is 0.0354 e. The third-order valence-corrected chi connectivity index (χ3v) is 5.03. The van der Waals surface area contributed by atoms with E-state index in [-0.39, 0.29) is 0 Å². The first-order valence-electron chi connectivity index (χ1n) is 8.50. The van der Waals surface area contributed by atoms with Gasteiger partial charge in [-0.3, -0.25) is 0 Å². The van der Waals surface area contributed by atoms with Gasteiger partial charge in [-0.25, -0.2) is 0 Å². The van der Waals surface area contributed by atoms with Gasteiger partial charge in [0, 0.05) is 6.04 Å². The molecule has 1 aliphatic carbocycles. The van der Waals surface area contributed by atoms with Gasteiger partial charge in [0.1, 0.15) is 0 Å². The van der Waals surface area contributed by atoms with Crippen LogP contribution in [0.5, 0.6) is 0 Å². The van der Waals surface area contributed by atoms with E-state index in [0.29, 0.717) is 6.04 Å². The molecular weight excluding hydrogens is 254 g/mol. The van der Waals surface area contributed by atoms with Crippen LogP contribution in [-0.4, -0.2) is 6.54 Å². The van der Waals surface area contributed by atoms with E-state index in [9.17, 15) is 0 Å². The molecule has 0 aromatic heterocycles. The van der Waals surface area contributed by atoms with Gasteiger partial charge in [0.2, 0.25) is 0 Å². The Labute approximate surface area is 128 Å². The van der Waals surface area contributed by atoms with E-state index in [1.54, 1.807) is 0 Å². The highest BCUT2D eigenvalue weighted by Crippen LogP contribution is 2.39. The first kappa shape index (κ1) is 14.6. The Morgan fingerprint density at radius 2 is 1.90 bits per heavy atom. The average Bonchev–Trinajstić information content (AvgIpc) is 2.52. The molecule has 2 aromatic rings. The van der Waals surface area contributed by atoms with Gasteiger partial charge in [-0.2, -0.15) is 0 Å². The Morgan fingerprint density at radius 3 is 2.71 bits per heavy atom. The minimum atomic E-state index is 0.504. The maximum atomic E-state index is 3.78. The highest BCUT2D eigenvalue weighted by molar-refractivity contribution is 5.86. The van der Waals surface area contributed by atoms with Crippen molar-refractivity contribution in [3.05, 3.63) is 48.0 Å². The Hall–Kier alpha value is -1.34. The second-order valence-electron chi connectivity index (χ2n) is 6.64. The number of rotatable bonds is 4. The fourth-order valence-electron chi connectivity index (χ4n) is 4.06. The van der Waals surface area contributed by atoms with Crippen molar-refractivity contribution in [3.63, 3.8) is 0 Å². The van der Waals surface area contributed by atoms with Crippen molar-refractivity contribution < 1.29 is 0 Å². The van der Waals surface area contributed by atoms with Crippen molar-refractivity contribution in [2.45, 2.75) is 45.6 Å². The molecule has 1 N–H and O–H groups in total. The Morgan fingerprint density at radius 1 is 1.10 bits per heavy atom. The molecule has 3 unspecified atom stereocenters. The molecule has 1 fully saturated rings. The van der Waals surface area contributed by atoms with Crippen LogP contribution in [0.3, 0.4) is 0 Å². The van der Waals surface area contributed by atoms with E-state index in [0.717, 1.165) is 18.4 Å². The summed E-state index contributed by atoms with van der Waals surface area (Å²) in [6.45, 7) is 5.68. The van der Waals surface area contributed by atoms with E-state index in [1.807, 2.05) is 0 Å². The number of nitrogens with one attached hydrogen (secondary N) is 1. The van der Waals surface area contributed by atoms with E-state index in [4.69, 9.17) is 0 Å². The van der Waals surface area contributed by atoms with Gasteiger partial charge in [-0.15, -0.1) is 0 Å². The lowest BCUT2D eigenvalue weighted by Crippen LogP contribution is -2.31. The first-order valence-corrected chi connectivity index (χ1v) is 8.50. The molecule has 1 heteroatoms. The molecule has 1 saturated carbocycles. The third-order valence-electron chi connectivity index (χ3n) is 5.03. The second-order valence-corrected chi connectivity index (χ2v) is 6.64. The average molecular weight is 281 g/mol. The molecule has 0 radical (unpaired) electrons. The van der Waals surface area contributed by atoms with Crippen LogP contribution in [0.25, 0.3) is 10.8 Å². The van der Waals surface area contributed by atoms with Crippen molar-refractivity contribution in [1.82, 2.24) is 5.32 Å². The Balaban J connectivity index is 1.98. The van der Waals surface area contributed by atoms with Crippen LogP contribution < -0.4 is 5.32 Å². The SMILES string of the molecule is CCNC(c1cccc2ccccc12)C1CCCC(C)C1.